The van der Waals surface area contributed by atoms with Crippen molar-refractivity contribution in [2.45, 2.75) is 13.3 Å². The molecule has 1 aliphatic heterocycles. The summed E-state index contributed by atoms with van der Waals surface area (Å²) >= 11 is 0. The van der Waals surface area contributed by atoms with Crippen LogP contribution in [0.4, 0.5) is 5.69 Å². The van der Waals surface area contributed by atoms with Gasteiger partial charge in [-0.1, -0.05) is 11.2 Å². The number of hydrogen-bond donors (Lipinski definition) is 1. The van der Waals surface area contributed by atoms with Gasteiger partial charge in [-0.25, -0.2) is 0 Å². The molecule has 4 rings (SSSR count). The zero-order valence-corrected chi connectivity index (χ0v) is 11.6. The van der Waals surface area contributed by atoms with Gasteiger partial charge < -0.3 is 9.84 Å². The van der Waals surface area contributed by atoms with Gasteiger partial charge in [-0.15, -0.1) is 0 Å². The van der Waals surface area contributed by atoms with Crippen molar-refractivity contribution in [1.82, 2.24) is 15.1 Å². The summed E-state index contributed by atoms with van der Waals surface area (Å²) in [4.78, 5) is 8.79. The summed E-state index contributed by atoms with van der Waals surface area (Å²) in [5.41, 5.74) is 5.23. The van der Waals surface area contributed by atoms with E-state index in [1.165, 1.54) is 11.3 Å². The van der Waals surface area contributed by atoms with Gasteiger partial charge in [0.2, 0.25) is 5.82 Å². The van der Waals surface area contributed by atoms with E-state index in [1.807, 2.05) is 25.1 Å². The molecular weight excluding hydrogens is 264 g/mol. The van der Waals surface area contributed by atoms with Crippen molar-refractivity contribution in [2.75, 3.05) is 11.9 Å². The maximum atomic E-state index is 5.40. The lowest BCUT2D eigenvalue weighted by molar-refractivity contribution is 0.432. The molecule has 5 heteroatoms. The van der Waals surface area contributed by atoms with Crippen molar-refractivity contribution in [3.63, 3.8) is 0 Å². The molecule has 3 heterocycles. The van der Waals surface area contributed by atoms with Gasteiger partial charge >= 0.3 is 0 Å². The van der Waals surface area contributed by atoms with E-state index in [0.29, 0.717) is 11.7 Å². The maximum Gasteiger partial charge on any atom is 0.258 e. The van der Waals surface area contributed by atoms with E-state index in [-0.39, 0.29) is 0 Å². The van der Waals surface area contributed by atoms with E-state index in [1.54, 1.807) is 6.20 Å². The van der Waals surface area contributed by atoms with Crippen LogP contribution in [-0.4, -0.2) is 21.7 Å². The molecule has 5 nitrogen and oxygen atoms in total. The Balaban J connectivity index is 1.73. The molecule has 21 heavy (non-hydrogen) atoms. The van der Waals surface area contributed by atoms with Crippen LogP contribution in [0, 0.1) is 6.92 Å². The minimum absolute atomic E-state index is 0.529. The molecule has 0 unspecified atom stereocenters. The topological polar surface area (TPSA) is 63.8 Å². The van der Waals surface area contributed by atoms with Crippen molar-refractivity contribution in [1.29, 1.82) is 0 Å². The van der Waals surface area contributed by atoms with E-state index in [2.05, 4.69) is 32.6 Å². The molecule has 3 aromatic rings. The van der Waals surface area contributed by atoms with E-state index in [4.69, 9.17) is 4.52 Å². The molecule has 1 aromatic carbocycles. The molecule has 0 aliphatic carbocycles. The van der Waals surface area contributed by atoms with Gasteiger partial charge in [0.1, 0.15) is 5.69 Å². The number of rotatable bonds is 2. The molecule has 0 amide bonds. The first-order valence-corrected chi connectivity index (χ1v) is 6.94. The second-order valence-corrected chi connectivity index (χ2v) is 5.14. The first-order valence-electron chi connectivity index (χ1n) is 6.94. The number of hydrogen-bond acceptors (Lipinski definition) is 5. The van der Waals surface area contributed by atoms with Crippen LogP contribution in [0.3, 0.4) is 0 Å². The normalized spacial score (nSPS) is 13.0. The molecule has 0 atom stereocenters. The number of anilines is 1. The van der Waals surface area contributed by atoms with Crippen LogP contribution in [0.25, 0.3) is 23.0 Å². The molecule has 104 valence electrons. The molecule has 0 saturated heterocycles. The van der Waals surface area contributed by atoms with Crippen molar-refractivity contribution < 1.29 is 4.52 Å². The largest absolute Gasteiger partial charge is 0.384 e. The van der Waals surface area contributed by atoms with Crippen LogP contribution in [0.1, 0.15) is 11.1 Å². The number of nitrogens with zero attached hydrogens (tertiary/aromatic N) is 3. The Bertz CT molecular complexity index is 810. The zero-order chi connectivity index (χ0) is 14.2. The minimum atomic E-state index is 0.529. The lowest BCUT2D eigenvalue weighted by Crippen LogP contribution is -1.90. The smallest absolute Gasteiger partial charge is 0.258 e. The van der Waals surface area contributed by atoms with Crippen molar-refractivity contribution in [3.05, 3.63) is 47.7 Å². The number of aromatic nitrogens is 3. The highest BCUT2D eigenvalue weighted by Crippen LogP contribution is 2.29. The Labute approximate surface area is 122 Å². The summed E-state index contributed by atoms with van der Waals surface area (Å²) in [5.74, 6) is 1.06. The van der Waals surface area contributed by atoms with Gasteiger partial charge in [-0.2, -0.15) is 4.98 Å². The lowest BCUT2D eigenvalue weighted by Gasteiger charge is -2.00. The third-order valence-corrected chi connectivity index (χ3v) is 3.71. The maximum absolute atomic E-state index is 5.40. The summed E-state index contributed by atoms with van der Waals surface area (Å²) < 4.78 is 5.40. The number of aryl methyl sites for hydroxylation is 1. The third-order valence-electron chi connectivity index (χ3n) is 3.71. The number of pyridine rings is 1. The van der Waals surface area contributed by atoms with E-state index < -0.39 is 0 Å². The van der Waals surface area contributed by atoms with E-state index in [0.717, 1.165) is 29.8 Å². The number of benzene rings is 1. The molecule has 0 bridgehead atoms. The van der Waals surface area contributed by atoms with Gasteiger partial charge in [-0.3, -0.25) is 4.98 Å². The molecule has 0 radical (unpaired) electrons. The monoisotopic (exact) mass is 278 g/mol. The minimum Gasteiger partial charge on any atom is -0.384 e. The Hall–Kier alpha value is -2.69. The van der Waals surface area contributed by atoms with Crippen LogP contribution in [0.15, 0.2) is 41.1 Å². The van der Waals surface area contributed by atoms with Crippen LogP contribution in [0.5, 0.6) is 0 Å². The highest BCUT2D eigenvalue weighted by atomic mass is 16.5. The highest BCUT2D eigenvalue weighted by Gasteiger charge is 2.16. The Kier molecular flexibility index (Phi) is 2.70. The Morgan fingerprint density at radius 1 is 1.24 bits per heavy atom. The van der Waals surface area contributed by atoms with Crippen molar-refractivity contribution in [3.8, 4) is 23.0 Å². The fourth-order valence-corrected chi connectivity index (χ4v) is 2.59. The van der Waals surface area contributed by atoms with E-state index >= 15 is 0 Å². The van der Waals surface area contributed by atoms with Crippen LogP contribution < -0.4 is 5.32 Å². The standard InChI is InChI=1S/C16H14N4O/c1-10-3-2-7-18-14(10)15-19-16(21-20-15)12-4-5-13-11(9-12)6-8-17-13/h2-5,7,9,17H,6,8H2,1H3. The Morgan fingerprint density at radius 3 is 3.10 bits per heavy atom. The van der Waals surface area contributed by atoms with Gasteiger partial charge in [0.25, 0.3) is 5.89 Å². The molecule has 0 fully saturated rings. The predicted molar refractivity (Wildman–Crippen MR) is 79.9 cm³/mol. The summed E-state index contributed by atoms with van der Waals surface area (Å²) in [6, 6.07) is 10.1. The molecular formula is C16H14N4O. The molecule has 0 spiro atoms. The fraction of sp³-hybridized carbons (Fsp3) is 0.188. The third kappa shape index (κ3) is 2.07. The second-order valence-electron chi connectivity index (χ2n) is 5.14. The average Bonchev–Trinajstić information content (AvgIpc) is 3.16. The summed E-state index contributed by atoms with van der Waals surface area (Å²) in [7, 11) is 0. The predicted octanol–water partition coefficient (Wildman–Crippen LogP) is 3.08. The first kappa shape index (κ1) is 12.1. The van der Waals surface area contributed by atoms with Gasteiger partial charge in [-0.05, 0) is 48.7 Å². The average molecular weight is 278 g/mol. The van der Waals surface area contributed by atoms with Gasteiger partial charge in [0.05, 0.1) is 0 Å². The summed E-state index contributed by atoms with van der Waals surface area (Å²) in [6.45, 7) is 2.97. The number of fused-ring (bicyclic) bond motifs is 1. The van der Waals surface area contributed by atoms with E-state index in [9.17, 15) is 0 Å². The van der Waals surface area contributed by atoms with Gasteiger partial charge in [0.15, 0.2) is 0 Å². The van der Waals surface area contributed by atoms with Crippen molar-refractivity contribution in [2.24, 2.45) is 0 Å². The first-order chi connectivity index (χ1) is 10.3. The quantitative estimate of drug-likeness (QED) is 0.780. The molecule has 1 N–H and O–H groups in total. The van der Waals surface area contributed by atoms with Crippen LogP contribution >= 0.6 is 0 Å². The highest BCUT2D eigenvalue weighted by molar-refractivity contribution is 5.66. The molecule has 2 aromatic heterocycles. The summed E-state index contributed by atoms with van der Waals surface area (Å²) in [6.07, 6.45) is 2.77. The van der Waals surface area contributed by atoms with Crippen molar-refractivity contribution >= 4 is 5.69 Å². The van der Waals surface area contributed by atoms with Crippen LogP contribution in [0.2, 0.25) is 0 Å². The van der Waals surface area contributed by atoms with Crippen LogP contribution in [-0.2, 0) is 6.42 Å². The van der Waals surface area contributed by atoms with Gasteiger partial charge in [0, 0.05) is 24.0 Å². The Morgan fingerprint density at radius 2 is 2.19 bits per heavy atom. The SMILES string of the molecule is Cc1cccnc1-c1noc(-c2ccc3c(c2)CCN3)n1. The fourth-order valence-electron chi connectivity index (χ4n) is 2.59. The number of nitrogens with one attached hydrogen (secondary N) is 1. The zero-order valence-electron chi connectivity index (χ0n) is 11.6. The second kappa shape index (κ2) is 4.70. The summed E-state index contributed by atoms with van der Waals surface area (Å²) in [5, 5.41) is 7.39. The molecule has 1 aliphatic rings. The molecule has 0 saturated carbocycles. The lowest BCUT2D eigenvalue weighted by atomic mass is 10.1.